The summed E-state index contributed by atoms with van der Waals surface area (Å²) in [5, 5.41) is 3.76. The fourth-order valence-electron chi connectivity index (χ4n) is 2.87. The first-order valence-electron chi connectivity index (χ1n) is 9.05. The molecule has 0 atom stereocenters. The molecule has 0 saturated heterocycles. The van der Waals surface area contributed by atoms with E-state index >= 15 is 0 Å². The Labute approximate surface area is 168 Å². The molecule has 0 fully saturated rings. The molecule has 3 rings (SSSR count). The Morgan fingerprint density at radius 1 is 1.14 bits per heavy atom. The van der Waals surface area contributed by atoms with Crippen molar-refractivity contribution in [2.24, 2.45) is 0 Å². The zero-order valence-corrected chi connectivity index (χ0v) is 16.2. The van der Waals surface area contributed by atoms with Crippen LogP contribution in [0, 0.1) is 12.3 Å². The summed E-state index contributed by atoms with van der Waals surface area (Å²) in [6, 6.07) is 17.4. The number of amides is 1. The standard InChI is InChI=1S/C22H21N3O2S/c1-2-14-23-20(26)16-28-22-24-19-13-7-6-12-18(19)21(27)25(22)15-8-11-17-9-4-3-5-10-17/h1,3-7,9-10,12-13H,8,11,14-16H2,(H,23,26). The van der Waals surface area contributed by atoms with Crippen molar-refractivity contribution < 1.29 is 4.79 Å². The number of terminal acetylenes is 1. The molecule has 0 radical (unpaired) electrons. The molecule has 0 bridgehead atoms. The molecule has 1 amide bonds. The predicted octanol–water partition coefficient (Wildman–Crippen LogP) is 2.87. The first-order chi connectivity index (χ1) is 13.7. The molecule has 3 aromatic rings. The first kappa shape index (κ1) is 19.7. The van der Waals surface area contributed by atoms with E-state index in [1.807, 2.05) is 36.4 Å². The Kier molecular flexibility index (Phi) is 6.88. The third-order valence-corrected chi connectivity index (χ3v) is 5.21. The molecule has 28 heavy (non-hydrogen) atoms. The number of thioether (sulfide) groups is 1. The van der Waals surface area contributed by atoms with Crippen LogP contribution in [-0.2, 0) is 17.8 Å². The van der Waals surface area contributed by atoms with Gasteiger partial charge in [-0.3, -0.25) is 14.2 Å². The van der Waals surface area contributed by atoms with E-state index in [9.17, 15) is 9.59 Å². The van der Waals surface area contributed by atoms with Crippen LogP contribution in [0.3, 0.4) is 0 Å². The molecule has 0 aliphatic rings. The molecule has 0 saturated carbocycles. The zero-order chi connectivity index (χ0) is 19.8. The van der Waals surface area contributed by atoms with Crippen LogP contribution in [0.25, 0.3) is 10.9 Å². The number of aromatic nitrogens is 2. The Morgan fingerprint density at radius 3 is 2.68 bits per heavy atom. The highest BCUT2D eigenvalue weighted by Crippen LogP contribution is 2.18. The number of aryl methyl sites for hydroxylation is 1. The number of benzene rings is 2. The number of para-hydroxylation sites is 1. The average molecular weight is 391 g/mol. The summed E-state index contributed by atoms with van der Waals surface area (Å²) in [4.78, 5) is 29.5. The number of carbonyl (C=O) groups is 1. The third-order valence-electron chi connectivity index (χ3n) is 4.24. The molecule has 1 aromatic heterocycles. The van der Waals surface area contributed by atoms with Gasteiger partial charge in [0, 0.05) is 6.54 Å². The largest absolute Gasteiger partial charge is 0.344 e. The normalized spacial score (nSPS) is 10.5. The van der Waals surface area contributed by atoms with Gasteiger partial charge < -0.3 is 5.32 Å². The predicted molar refractivity (Wildman–Crippen MR) is 113 cm³/mol. The number of hydrogen-bond acceptors (Lipinski definition) is 4. The second-order valence-electron chi connectivity index (χ2n) is 6.23. The van der Waals surface area contributed by atoms with Gasteiger partial charge in [-0.2, -0.15) is 0 Å². The van der Waals surface area contributed by atoms with Gasteiger partial charge in [0.05, 0.1) is 23.2 Å². The van der Waals surface area contributed by atoms with Crippen LogP contribution >= 0.6 is 11.8 Å². The molecule has 6 heteroatoms. The number of carbonyl (C=O) groups excluding carboxylic acids is 1. The van der Waals surface area contributed by atoms with Crippen LogP contribution in [0.15, 0.2) is 64.5 Å². The van der Waals surface area contributed by atoms with Crippen LogP contribution in [0.1, 0.15) is 12.0 Å². The molecular weight excluding hydrogens is 370 g/mol. The Bertz CT molecular complexity index is 1050. The number of nitrogens with zero attached hydrogens (tertiary/aromatic N) is 2. The van der Waals surface area contributed by atoms with Crippen molar-refractivity contribution in [2.75, 3.05) is 12.3 Å². The molecule has 1 N–H and O–H groups in total. The van der Waals surface area contributed by atoms with Crippen LogP contribution in [0.4, 0.5) is 0 Å². The van der Waals surface area contributed by atoms with Crippen molar-refractivity contribution in [1.29, 1.82) is 0 Å². The molecule has 5 nitrogen and oxygen atoms in total. The van der Waals surface area contributed by atoms with Gasteiger partial charge in [0.1, 0.15) is 0 Å². The maximum atomic E-state index is 13.0. The maximum Gasteiger partial charge on any atom is 0.262 e. The summed E-state index contributed by atoms with van der Waals surface area (Å²) >= 11 is 1.25. The van der Waals surface area contributed by atoms with Gasteiger partial charge in [-0.15, -0.1) is 6.42 Å². The molecule has 0 aliphatic carbocycles. The van der Waals surface area contributed by atoms with Gasteiger partial charge in [0.25, 0.3) is 5.56 Å². The first-order valence-corrected chi connectivity index (χ1v) is 10.0. The van der Waals surface area contributed by atoms with Gasteiger partial charge in [-0.1, -0.05) is 60.1 Å². The lowest BCUT2D eigenvalue weighted by atomic mass is 10.1. The number of hydrogen-bond donors (Lipinski definition) is 1. The minimum absolute atomic E-state index is 0.0785. The fourth-order valence-corrected chi connectivity index (χ4v) is 3.73. The van der Waals surface area contributed by atoms with Crippen LogP contribution in [-0.4, -0.2) is 27.8 Å². The maximum absolute atomic E-state index is 13.0. The average Bonchev–Trinajstić information content (AvgIpc) is 2.73. The Balaban J connectivity index is 1.81. The van der Waals surface area contributed by atoms with Crippen molar-refractivity contribution >= 4 is 28.6 Å². The molecule has 0 aliphatic heterocycles. The minimum atomic E-state index is -0.179. The van der Waals surface area contributed by atoms with Crippen molar-refractivity contribution in [2.45, 2.75) is 24.5 Å². The van der Waals surface area contributed by atoms with E-state index in [0.29, 0.717) is 22.6 Å². The van der Waals surface area contributed by atoms with E-state index in [4.69, 9.17) is 6.42 Å². The molecule has 0 spiro atoms. The highest BCUT2D eigenvalue weighted by Gasteiger charge is 2.13. The lowest BCUT2D eigenvalue weighted by Gasteiger charge is -2.13. The van der Waals surface area contributed by atoms with E-state index in [1.165, 1.54) is 17.3 Å². The molecule has 2 aromatic carbocycles. The molecule has 1 heterocycles. The molecular formula is C22H21N3O2S. The highest BCUT2D eigenvalue weighted by molar-refractivity contribution is 7.99. The zero-order valence-electron chi connectivity index (χ0n) is 15.4. The van der Waals surface area contributed by atoms with E-state index in [-0.39, 0.29) is 23.8 Å². The van der Waals surface area contributed by atoms with Gasteiger partial charge >= 0.3 is 0 Å². The Hall–Kier alpha value is -3.04. The second-order valence-corrected chi connectivity index (χ2v) is 7.17. The summed E-state index contributed by atoms with van der Waals surface area (Å²) in [6.07, 6.45) is 6.84. The lowest BCUT2D eigenvalue weighted by Crippen LogP contribution is -2.27. The van der Waals surface area contributed by atoms with E-state index in [1.54, 1.807) is 10.6 Å². The van der Waals surface area contributed by atoms with Crippen LogP contribution in [0.2, 0.25) is 0 Å². The van der Waals surface area contributed by atoms with Gasteiger partial charge in [-0.25, -0.2) is 4.98 Å². The smallest absolute Gasteiger partial charge is 0.262 e. The third kappa shape index (κ3) is 5.02. The quantitative estimate of drug-likeness (QED) is 0.364. The van der Waals surface area contributed by atoms with Crippen molar-refractivity contribution in [3.05, 3.63) is 70.5 Å². The molecule has 0 unspecified atom stereocenters. The van der Waals surface area contributed by atoms with Crippen LogP contribution in [0.5, 0.6) is 0 Å². The van der Waals surface area contributed by atoms with Gasteiger partial charge in [0.15, 0.2) is 5.16 Å². The van der Waals surface area contributed by atoms with Crippen molar-refractivity contribution in [3.63, 3.8) is 0 Å². The Morgan fingerprint density at radius 2 is 1.89 bits per heavy atom. The van der Waals surface area contributed by atoms with Crippen molar-refractivity contribution in [1.82, 2.24) is 14.9 Å². The lowest BCUT2D eigenvalue weighted by molar-refractivity contribution is -0.118. The number of nitrogens with one attached hydrogen (secondary N) is 1. The van der Waals surface area contributed by atoms with E-state index in [0.717, 1.165) is 12.8 Å². The minimum Gasteiger partial charge on any atom is -0.344 e. The fraction of sp³-hybridized carbons (Fsp3) is 0.227. The number of rotatable bonds is 8. The van der Waals surface area contributed by atoms with E-state index < -0.39 is 0 Å². The molecule has 142 valence electrons. The summed E-state index contributed by atoms with van der Waals surface area (Å²) in [5.41, 5.74) is 1.79. The number of fused-ring (bicyclic) bond motifs is 1. The van der Waals surface area contributed by atoms with Crippen molar-refractivity contribution in [3.8, 4) is 12.3 Å². The van der Waals surface area contributed by atoms with Gasteiger partial charge in [-0.05, 0) is 30.5 Å². The summed E-state index contributed by atoms with van der Waals surface area (Å²) in [7, 11) is 0. The SMILES string of the molecule is C#CCNC(=O)CSc1nc2ccccc2c(=O)n1CCCc1ccccc1. The summed E-state index contributed by atoms with van der Waals surface area (Å²) in [5.74, 6) is 2.35. The topological polar surface area (TPSA) is 64.0 Å². The van der Waals surface area contributed by atoms with Gasteiger partial charge in [0.2, 0.25) is 5.91 Å². The monoisotopic (exact) mass is 391 g/mol. The highest BCUT2D eigenvalue weighted by atomic mass is 32.2. The second kappa shape index (κ2) is 9.77. The summed E-state index contributed by atoms with van der Waals surface area (Å²) in [6.45, 7) is 0.730. The van der Waals surface area contributed by atoms with E-state index in [2.05, 4.69) is 28.4 Å². The van der Waals surface area contributed by atoms with Crippen LogP contribution < -0.4 is 10.9 Å². The summed E-state index contributed by atoms with van der Waals surface area (Å²) < 4.78 is 1.67.